The largest absolute Gasteiger partial charge is 0.481 e. The zero-order valence-corrected chi connectivity index (χ0v) is 26.3. The van der Waals surface area contributed by atoms with Gasteiger partial charge in [0.05, 0.1) is 0 Å². The predicted octanol–water partition coefficient (Wildman–Crippen LogP) is 13.2. The number of hydrogen-bond acceptors (Lipinski definition) is 1. The highest BCUT2D eigenvalue weighted by atomic mass is 16.4. The van der Waals surface area contributed by atoms with E-state index < -0.39 is 5.97 Å². The zero-order valence-electron chi connectivity index (χ0n) is 26.3. The van der Waals surface area contributed by atoms with Crippen molar-refractivity contribution < 1.29 is 9.90 Å². The average molecular weight is 525 g/mol. The minimum Gasteiger partial charge on any atom is -0.481 e. The van der Waals surface area contributed by atoms with E-state index in [1.807, 2.05) is 0 Å². The Morgan fingerprint density at radius 3 is 0.649 bits per heavy atom. The van der Waals surface area contributed by atoms with Crippen LogP contribution in [0.1, 0.15) is 220 Å². The molecule has 0 spiro atoms. The van der Waals surface area contributed by atoms with Gasteiger partial charge >= 0.3 is 5.97 Å². The van der Waals surface area contributed by atoms with Crippen molar-refractivity contribution in [2.24, 2.45) is 0 Å². The first kappa shape index (κ1) is 38.6. The number of carboxylic acid groups (broad SMARTS) is 1. The summed E-state index contributed by atoms with van der Waals surface area (Å²) in [6.45, 7) is 6.84. The van der Waals surface area contributed by atoms with Gasteiger partial charge in [0, 0.05) is 6.42 Å². The molecule has 2 nitrogen and oxygen atoms in total. The van der Waals surface area contributed by atoms with Crippen LogP contribution < -0.4 is 0 Å². The second-order valence-corrected chi connectivity index (χ2v) is 11.7. The van der Waals surface area contributed by atoms with Crippen molar-refractivity contribution in [3.8, 4) is 0 Å². The van der Waals surface area contributed by atoms with Gasteiger partial charge in [0.2, 0.25) is 0 Å². The van der Waals surface area contributed by atoms with E-state index in [-0.39, 0.29) is 0 Å². The summed E-state index contributed by atoms with van der Waals surface area (Å²) < 4.78 is 0. The molecule has 0 atom stereocenters. The third-order valence-electron chi connectivity index (χ3n) is 7.70. The van der Waals surface area contributed by atoms with Gasteiger partial charge in [-0.05, 0) is 6.42 Å². The van der Waals surface area contributed by atoms with Gasteiger partial charge < -0.3 is 5.11 Å². The molecule has 0 aliphatic carbocycles. The Balaban J connectivity index is 0. The van der Waals surface area contributed by atoms with E-state index >= 15 is 0 Å². The SMILES string of the molecule is CCCCCCCCCCCCCC(=O)O.CCCCCCCCCCCCCCCCCCCCC. The lowest BCUT2D eigenvalue weighted by Gasteiger charge is -2.03. The molecule has 37 heavy (non-hydrogen) atoms. The normalized spacial score (nSPS) is 10.9. The van der Waals surface area contributed by atoms with Crippen molar-refractivity contribution in [3.05, 3.63) is 0 Å². The maximum absolute atomic E-state index is 10.3. The molecule has 0 unspecified atom stereocenters. The lowest BCUT2D eigenvalue weighted by Crippen LogP contribution is -1.93. The van der Waals surface area contributed by atoms with Crippen LogP contribution in [0.15, 0.2) is 0 Å². The molecule has 0 aromatic carbocycles. The molecule has 224 valence electrons. The quantitative estimate of drug-likeness (QED) is 0.0948. The molecule has 0 saturated carbocycles. The minimum absolute atomic E-state index is 0.344. The Hall–Kier alpha value is -0.530. The molecule has 0 bridgehead atoms. The average Bonchev–Trinajstić information content (AvgIpc) is 2.89. The van der Waals surface area contributed by atoms with Gasteiger partial charge in [-0.1, -0.05) is 207 Å². The molecule has 0 saturated heterocycles. The number of aliphatic carboxylic acids is 1. The predicted molar refractivity (Wildman–Crippen MR) is 168 cm³/mol. The lowest BCUT2D eigenvalue weighted by molar-refractivity contribution is -0.137. The van der Waals surface area contributed by atoms with E-state index in [2.05, 4.69) is 20.8 Å². The Morgan fingerprint density at radius 1 is 0.324 bits per heavy atom. The Morgan fingerprint density at radius 2 is 0.486 bits per heavy atom. The van der Waals surface area contributed by atoms with E-state index in [1.54, 1.807) is 0 Å². The number of carboxylic acids is 1. The Bertz CT molecular complexity index is 375. The molecule has 0 aliphatic heterocycles. The molecule has 0 heterocycles. The summed E-state index contributed by atoms with van der Waals surface area (Å²) in [5, 5.41) is 8.46. The van der Waals surface area contributed by atoms with Crippen molar-refractivity contribution in [1.29, 1.82) is 0 Å². The first-order valence-electron chi connectivity index (χ1n) is 17.4. The number of hydrogen-bond donors (Lipinski definition) is 1. The highest BCUT2D eigenvalue weighted by Crippen LogP contribution is 2.15. The molecular weight excluding hydrogens is 452 g/mol. The fourth-order valence-corrected chi connectivity index (χ4v) is 5.09. The second-order valence-electron chi connectivity index (χ2n) is 11.7. The fourth-order valence-electron chi connectivity index (χ4n) is 5.09. The molecule has 0 amide bonds. The van der Waals surface area contributed by atoms with Crippen LogP contribution in [-0.2, 0) is 4.79 Å². The van der Waals surface area contributed by atoms with E-state index in [0.29, 0.717) is 6.42 Å². The van der Waals surface area contributed by atoms with Crippen LogP contribution in [0.2, 0.25) is 0 Å². The van der Waals surface area contributed by atoms with Crippen molar-refractivity contribution in [1.82, 2.24) is 0 Å². The van der Waals surface area contributed by atoms with E-state index in [0.717, 1.165) is 12.8 Å². The molecule has 0 aromatic rings. The summed E-state index contributed by atoms with van der Waals surface area (Å²) in [4.78, 5) is 10.3. The second kappa shape index (κ2) is 37.6. The lowest BCUT2D eigenvalue weighted by atomic mass is 10.0. The van der Waals surface area contributed by atoms with Crippen molar-refractivity contribution >= 4 is 5.97 Å². The first-order valence-corrected chi connectivity index (χ1v) is 17.4. The standard InChI is InChI=1S/C21H44.C14H28O2/c1-3-5-7-9-11-13-15-17-19-21-20-18-16-14-12-10-8-6-4-2;1-2-3-4-5-6-7-8-9-10-11-12-13-14(15)16/h3-21H2,1-2H3;2-13H2,1H3,(H,15,16). The third kappa shape index (κ3) is 42.8. The maximum atomic E-state index is 10.3. The molecular formula is C35H72O2. The minimum atomic E-state index is -0.657. The number of carbonyl (C=O) groups is 1. The summed E-state index contributed by atoms with van der Waals surface area (Å²) in [6.07, 6.45) is 42.3. The van der Waals surface area contributed by atoms with Gasteiger partial charge in [0.15, 0.2) is 0 Å². The van der Waals surface area contributed by atoms with Crippen molar-refractivity contribution in [2.75, 3.05) is 0 Å². The van der Waals surface area contributed by atoms with Gasteiger partial charge in [-0.2, -0.15) is 0 Å². The Labute approximate surface area is 235 Å². The molecule has 0 rings (SSSR count). The molecule has 2 heteroatoms. The van der Waals surface area contributed by atoms with E-state index in [9.17, 15) is 4.79 Å². The van der Waals surface area contributed by atoms with Crippen LogP contribution in [0.3, 0.4) is 0 Å². The fraction of sp³-hybridized carbons (Fsp3) is 0.971. The third-order valence-corrected chi connectivity index (χ3v) is 7.70. The first-order chi connectivity index (χ1) is 18.2. The number of unbranched alkanes of at least 4 members (excludes halogenated alkanes) is 28. The van der Waals surface area contributed by atoms with E-state index in [1.165, 1.54) is 180 Å². The van der Waals surface area contributed by atoms with Crippen LogP contribution in [0.4, 0.5) is 0 Å². The monoisotopic (exact) mass is 525 g/mol. The molecule has 0 aromatic heterocycles. The molecule has 1 N–H and O–H groups in total. The van der Waals surface area contributed by atoms with Crippen LogP contribution in [0, 0.1) is 0 Å². The van der Waals surface area contributed by atoms with Crippen LogP contribution in [0.25, 0.3) is 0 Å². The summed E-state index contributed by atoms with van der Waals surface area (Å²) >= 11 is 0. The summed E-state index contributed by atoms with van der Waals surface area (Å²) in [5.74, 6) is -0.657. The zero-order chi connectivity index (χ0) is 27.5. The highest BCUT2D eigenvalue weighted by Gasteiger charge is 1.97. The molecule has 0 radical (unpaired) electrons. The van der Waals surface area contributed by atoms with Crippen molar-refractivity contribution in [2.45, 2.75) is 220 Å². The van der Waals surface area contributed by atoms with Gasteiger partial charge in [-0.25, -0.2) is 0 Å². The van der Waals surface area contributed by atoms with Gasteiger partial charge in [0.1, 0.15) is 0 Å². The van der Waals surface area contributed by atoms with Gasteiger partial charge in [-0.15, -0.1) is 0 Å². The van der Waals surface area contributed by atoms with E-state index in [4.69, 9.17) is 5.11 Å². The summed E-state index contributed by atoms with van der Waals surface area (Å²) in [5.41, 5.74) is 0. The topological polar surface area (TPSA) is 37.3 Å². The van der Waals surface area contributed by atoms with Crippen LogP contribution in [0.5, 0.6) is 0 Å². The Kier molecular flexibility index (Phi) is 39.3. The van der Waals surface area contributed by atoms with Gasteiger partial charge in [-0.3, -0.25) is 4.79 Å². The van der Waals surface area contributed by atoms with Crippen LogP contribution >= 0.6 is 0 Å². The highest BCUT2D eigenvalue weighted by molar-refractivity contribution is 5.66. The molecule has 0 aliphatic rings. The summed E-state index contributed by atoms with van der Waals surface area (Å²) in [7, 11) is 0. The van der Waals surface area contributed by atoms with Gasteiger partial charge in [0.25, 0.3) is 0 Å². The maximum Gasteiger partial charge on any atom is 0.303 e. The summed E-state index contributed by atoms with van der Waals surface area (Å²) in [6, 6.07) is 0. The van der Waals surface area contributed by atoms with Crippen LogP contribution in [-0.4, -0.2) is 11.1 Å². The molecule has 0 fully saturated rings. The van der Waals surface area contributed by atoms with Crippen molar-refractivity contribution in [3.63, 3.8) is 0 Å². The smallest absolute Gasteiger partial charge is 0.303 e. The number of rotatable bonds is 30.